The van der Waals surface area contributed by atoms with E-state index in [4.69, 9.17) is 0 Å². The van der Waals surface area contributed by atoms with Crippen molar-refractivity contribution in [2.75, 3.05) is 13.6 Å². The fraction of sp³-hybridized carbons (Fsp3) is 0.708. The zero-order chi connectivity index (χ0) is 47.9. The van der Waals surface area contributed by atoms with Crippen LogP contribution in [0.1, 0.15) is 129 Å². The van der Waals surface area contributed by atoms with Crippen LogP contribution in [0.4, 0.5) is 0 Å². The lowest BCUT2D eigenvalue weighted by Gasteiger charge is -2.30. The molecular formula is C48H86N8O6. The molecule has 62 heavy (non-hydrogen) atoms. The van der Waals surface area contributed by atoms with Crippen molar-refractivity contribution in [1.82, 2.24) is 42.2 Å². The molecule has 354 valence electrons. The Morgan fingerprint density at radius 2 is 1.11 bits per heavy atom. The van der Waals surface area contributed by atoms with Crippen LogP contribution in [0.25, 0.3) is 10.9 Å². The van der Waals surface area contributed by atoms with Gasteiger partial charge in [0.2, 0.25) is 29.5 Å². The summed E-state index contributed by atoms with van der Waals surface area (Å²) < 4.78 is 0. The van der Waals surface area contributed by atoms with E-state index in [-0.39, 0.29) is 48.5 Å². The Bertz CT molecular complexity index is 1640. The number of hydrogen-bond acceptors (Lipinski definition) is 8. The average molecular weight is 871 g/mol. The number of hydrogen-bond donors (Lipinski definition) is 8. The highest BCUT2D eigenvalue weighted by atomic mass is 16.2. The molecule has 1 aromatic carbocycles. The molecule has 1 heterocycles. The van der Waals surface area contributed by atoms with Crippen LogP contribution in [0.15, 0.2) is 30.5 Å². The van der Waals surface area contributed by atoms with E-state index in [1.807, 2.05) is 93.6 Å². The minimum Gasteiger partial charge on any atom is -0.361 e. The molecule has 7 atom stereocenters. The molecule has 14 heteroatoms. The summed E-state index contributed by atoms with van der Waals surface area (Å²) in [5.74, 6) is -2.14. The molecule has 0 aliphatic carbocycles. The average Bonchev–Trinajstić information content (AvgIpc) is 3.61. The SMILES string of the molecule is CC.CC(C)C.CC[C@H](NCC(NC)C(C)C)C(=O)NC(C(=O)N[C@@H](Cc1c[nH]c2ccccc12)C(=O)NC(CC(C)C)C(=O)NC(C(=O)NC(C=O)C(C)C)C(C)C)C(C)C. The molecule has 0 saturated carbocycles. The van der Waals surface area contributed by atoms with Crippen LogP contribution < -0.4 is 37.2 Å². The molecule has 0 saturated heterocycles. The third-order valence-electron chi connectivity index (χ3n) is 10.2. The zero-order valence-corrected chi connectivity index (χ0v) is 41.2. The number of carbonyl (C=O) groups excluding carboxylic acids is 6. The number of aldehydes is 1. The number of H-pyrrole nitrogens is 1. The van der Waals surface area contributed by atoms with Crippen LogP contribution in [0.5, 0.6) is 0 Å². The van der Waals surface area contributed by atoms with Crippen molar-refractivity contribution in [3.63, 3.8) is 0 Å². The van der Waals surface area contributed by atoms with Crippen molar-refractivity contribution in [2.45, 2.75) is 172 Å². The Balaban J connectivity index is 0.00000584. The van der Waals surface area contributed by atoms with Gasteiger partial charge >= 0.3 is 0 Å². The van der Waals surface area contributed by atoms with E-state index in [0.29, 0.717) is 25.2 Å². The van der Waals surface area contributed by atoms with E-state index in [1.54, 1.807) is 20.0 Å². The highest BCUT2D eigenvalue weighted by Gasteiger charge is 2.35. The standard InChI is InChI=1S/C42H70N8O6.C4H10.C2H6/c1-13-30(45-21-34(43-12)24(4)5)38(52)49-36(26(8)9)41(55)47-33(19-28-20-44-31-17-15-14-16-29(28)31)39(53)46-32(18-23(2)3)40(54)50-37(27(10)11)42(56)48-35(22-51)25(6)7;1-4(2)3;1-2/h14-17,20,22-27,30,32-37,43-45H,13,18-19,21H2,1-12H3,(H,46,53)(H,47,55)(H,48,56)(H,49,52)(H,50,54);4H,1-3H3;1-2H3/t30-,32?,33-,34?,35?,36?,37?;;/m0../s1. The summed E-state index contributed by atoms with van der Waals surface area (Å²) in [6.45, 7) is 31.8. The van der Waals surface area contributed by atoms with Crippen LogP contribution in [0.2, 0.25) is 0 Å². The molecule has 0 aliphatic heterocycles. The monoisotopic (exact) mass is 871 g/mol. The van der Waals surface area contributed by atoms with Crippen molar-refractivity contribution in [2.24, 2.45) is 35.5 Å². The molecule has 0 aliphatic rings. The Morgan fingerprint density at radius 3 is 1.56 bits per heavy atom. The highest BCUT2D eigenvalue weighted by molar-refractivity contribution is 5.97. The quantitative estimate of drug-likeness (QED) is 0.0619. The number of fused-ring (bicyclic) bond motifs is 1. The number of carbonyl (C=O) groups is 6. The van der Waals surface area contributed by atoms with Gasteiger partial charge in [0.15, 0.2) is 0 Å². The summed E-state index contributed by atoms with van der Waals surface area (Å²) in [6.07, 6.45) is 3.32. The van der Waals surface area contributed by atoms with Crippen LogP contribution in [-0.4, -0.2) is 96.7 Å². The van der Waals surface area contributed by atoms with Gasteiger partial charge in [-0.3, -0.25) is 24.0 Å². The van der Waals surface area contributed by atoms with Gasteiger partial charge in [0, 0.05) is 36.1 Å². The van der Waals surface area contributed by atoms with Crippen molar-refractivity contribution >= 4 is 46.7 Å². The largest absolute Gasteiger partial charge is 0.361 e. The first-order chi connectivity index (χ1) is 29.1. The molecule has 0 bridgehead atoms. The van der Waals surface area contributed by atoms with Gasteiger partial charge in [-0.1, -0.05) is 129 Å². The second-order valence-corrected chi connectivity index (χ2v) is 18.4. The predicted octanol–water partition coefficient (Wildman–Crippen LogP) is 5.65. The first-order valence-corrected chi connectivity index (χ1v) is 23.0. The van der Waals surface area contributed by atoms with E-state index in [2.05, 4.69) is 76.8 Å². The molecular weight excluding hydrogens is 785 g/mol. The molecule has 2 rings (SSSR count). The third-order valence-corrected chi connectivity index (χ3v) is 10.2. The molecule has 0 radical (unpaired) electrons. The third kappa shape index (κ3) is 20.3. The Kier molecular flexibility index (Phi) is 27.8. The number of rotatable bonds is 24. The summed E-state index contributed by atoms with van der Waals surface area (Å²) in [7, 11) is 1.88. The van der Waals surface area contributed by atoms with Crippen molar-refractivity contribution in [1.29, 1.82) is 0 Å². The van der Waals surface area contributed by atoms with Gasteiger partial charge in [-0.2, -0.15) is 0 Å². The summed E-state index contributed by atoms with van der Waals surface area (Å²) in [4.78, 5) is 84.0. The zero-order valence-electron chi connectivity index (χ0n) is 41.2. The smallest absolute Gasteiger partial charge is 0.243 e. The normalized spacial score (nSPS) is 14.8. The number of benzene rings is 1. The lowest BCUT2D eigenvalue weighted by Crippen LogP contribution is -2.61. The van der Waals surface area contributed by atoms with Crippen molar-refractivity contribution in [3.8, 4) is 0 Å². The molecule has 14 nitrogen and oxygen atoms in total. The lowest BCUT2D eigenvalue weighted by molar-refractivity contribution is -0.136. The molecule has 0 fully saturated rings. The molecule has 0 spiro atoms. The van der Waals surface area contributed by atoms with E-state index in [0.717, 1.165) is 22.4 Å². The molecule has 5 unspecified atom stereocenters. The Hall–Kier alpha value is -4.30. The van der Waals surface area contributed by atoms with Crippen molar-refractivity contribution < 1.29 is 28.8 Å². The predicted molar refractivity (Wildman–Crippen MR) is 253 cm³/mol. The summed E-state index contributed by atoms with van der Waals surface area (Å²) in [5.41, 5.74) is 1.64. The maximum atomic E-state index is 14.3. The Labute approximate surface area is 374 Å². The highest BCUT2D eigenvalue weighted by Crippen LogP contribution is 2.20. The van der Waals surface area contributed by atoms with Gasteiger partial charge in [0.1, 0.15) is 30.5 Å². The summed E-state index contributed by atoms with van der Waals surface area (Å²) >= 11 is 0. The van der Waals surface area contributed by atoms with E-state index >= 15 is 0 Å². The van der Waals surface area contributed by atoms with Crippen molar-refractivity contribution in [3.05, 3.63) is 36.0 Å². The summed E-state index contributed by atoms with van der Waals surface area (Å²) in [5, 5.41) is 21.7. The van der Waals surface area contributed by atoms with Gasteiger partial charge in [0.05, 0.1) is 12.1 Å². The Morgan fingerprint density at radius 1 is 0.629 bits per heavy atom. The fourth-order valence-electron chi connectivity index (χ4n) is 6.52. The van der Waals surface area contributed by atoms with E-state index in [1.165, 1.54) is 0 Å². The lowest BCUT2D eigenvalue weighted by atomic mass is 9.97. The van der Waals surface area contributed by atoms with Crippen LogP contribution in [0, 0.1) is 35.5 Å². The second-order valence-electron chi connectivity index (χ2n) is 18.4. The first kappa shape index (κ1) is 57.7. The van der Waals surface area contributed by atoms with E-state index < -0.39 is 59.9 Å². The minimum atomic E-state index is -1.13. The number of amides is 5. The minimum absolute atomic E-state index is 0.0241. The van der Waals surface area contributed by atoms with Gasteiger partial charge in [0.25, 0.3) is 0 Å². The van der Waals surface area contributed by atoms with Gasteiger partial charge in [-0.05, 0) is 67.0 Å². The van der Waals surface area contributed by atoms with Crippen LogP contribution in [-0.2, 0) is 35.2 Å². The van der Waals surface area contributed by atoms with Gasteiger partial charge < -0.3 is 47.0 Å². The maximum absolute atomic E-state index is 14.3. The fourth-order valence-corrected chi connectivity index (χ4v) is 6.52. The number of aromatic amines is 1. The van der Waals surface area contributed by atoms with Crippen LogP contribution >= 0.6 is 0 Å². The first-order valence-electron chi connectivity index (χ1n) is 23.0. The van der Waals surface area contributed by atoms with Crippen LogP contribution in [0.3, 0.4) is 0 Å². The van der Waals surface area contributed by atoms with E-state index in [9.17, 15) is 28.8 Å². The topological polar surface area (TPSA) is 202 Å². The van der Waals surface area contributed by atoms with Gasteiger partial charge in [-0.15, -0.1) is 0 Å². The number of likely N-dealkylation sites (N-methyl/N-ethyl adjacent to an activating group) is 1. The molecule has 1 aromatic heterocycles. The summed E-state index contributed by atoms with van der Waals surface area (Å²) in [6, 6.07) is 2.41. The number of nitrogens with one attached hydrogen (secondary N) is 8. The second kappa shape index (κ2) is 29.9. The molecule has 5 amide bonds. The maximum Gasteiger partial charge on any atom is 0.243 e. The number of aromatic nitrogens is 1. The molecule has 2 aromatic rings. The number of para-hydroxylation sites is 1. The molecule has 8 N–H and O–H groups in total. The van der Waals surface area contributed by atoms with Gasteiger partial charge in [-0.25, -0.2) is 0 Å².